The van der Waals surface area contributed by atoms with Gasteiger partial charge in [-0.1, -0.05) is 169 Å². The summed E-state index contributed by atoms with van der Waals surface area (Å²) >= 11 is 3.52. The summed E-state index contributed by atoms with van der Waals surface area (Å²) in [6.07, 6.45) is 1.08. The van der Waals surface area contributed by atoms with Gasteiger partial charge in [0.05, 0.1) is 22.1 Å². The number of halogens is 1. The molecular formula is C62H47BBrN3O2. The van der Waals surface area contributed by atoms with Gasteiger partial charge in [0.1, 0.15) is 0 Å². The summed E-state index contributed by atoms with van der Waals surface area (Å²) < 4.78 is 5.71. The number of hydrogen-bond donors (Lipinski definition) is 3. The number of benzene rings is 10. The maximum absolute atomic E-state index is 9.43. The molecule has 10 aromatic carbocycles. The summed E-state index contributed by atoms with van der Waals surface area (Å²) in [5.41, 5.74) is 17.9. The Morgan fingerprint density at radius 3 is 1.55 bits per heavy atom. The molecule has 0 radical (unpaired) electrons. The summed E-state index contributed by atoms with van der Waals surface area (Å²) in [5.74, 6) is 0. The van der Waals surface area contributed by atoms with Crippen molar-refractivity contribution in [2.24, 2.45) is 0 Å². The van der Waals surface area contributed by atoms with Crippen LogP contribution in [0.1, 0.15) is 18.6 Å². The van der Waals surface area contributed by atoms with Gasteiger partial charge in [-0.3, -0.25) is 0 Å². The van der Waals surface area contributed by atoms with Crippen LogP contribution in [0.25, 0.3) is 99.0 Å². The van der Waals surface area contributed by atoms with Crippen molar-refractivity contribution in [3.05, 3.63) is 246 Å². The first-order chi connectivity index (χ1) is 33.5. The second-order valence-corrected chi connectivity index (χ2v) is 18.2. The fourth-order valence-electron chi connectivity index (χ4n) is 10.1. The lowest BCUT2D eigenvalue weighted by atomic mass is 9.80. The van der Waals surface area contributed by atoms with Crippen LogP contribution in [0.3, 0.4) is 0 Å². The van der Waals surface area contributed by atoms with E-state index in [4.69, 9.17) is 0 Å². The molecular weight excluding hydrogens is 909 g/mol. The molecule has 0 unspecified atom stereocenters. The van der Waals surface area contributed by atoms with Gasteiger partial charge in [-0.15, -0.1) is 0 Å². The molecule has 0 saturated heterocycles. The first-order valence-corrected chi connectivity index (χ1v) is 23.7. The van der Waals surface area contributed by atoms with E-state index in [1.807, 2.05) is 42.5 Å². The van der Waals surface area contributed by atoms with E-state index in [1.54, 1.807) is 6.07 Å². The van der Waals surface area contributed by atoms with Gasteiger partial charge in [0, 0.05) is 59.2 Å². The molecule has 332 valence electrons. The minimum absolute atomic E-state index is 0. The number of fused-ring (bicyclic) bond motifs is 12. The summed E-state index contributed by atoms with van der Waals surface area (Å²) in [6, 6.07) is 80.4. The number of para-hydroxylation sites is 5. The highest BCUT2D eigenvalue weighted by molar-refractivity contribution is 9.10. The fourth-order valence-corrected chi connectivity index (χ4v) is 10.5. The standard InChI is InChI=1S/C30H20N2.C18H14BNO2.C13H9Br.CH4/c1-2-8-22(9-3-1)32-29-13-7-5-11-24(29)26-19-21(15-17-30(26)32)20-14-16-28-25(18-20)23-10-4-6-12-27(23)31-28;21-19(22)13-10-11-18-16(12-13)15-8-4-5-9-17(15)20(18)14-6-2-1-3-7-14;14-11-6-5-10-7-9-3-1-2-4-12(9)13(10)8-11;/h1-19,31H;1-12,21-22H;1-6,8H,7H2;1H4. The number of H-pyrrole nitrogens is 1. The monoisotopic (exact) mass is 955 g/mol. The van der Waals surface area contributed by atoms with E-state index in [9.17, 15) is 10.0 Å². The van der Waals surface area contributed by atoms with E-state index in [0.29, 0.717) is 5.46 Å². The van der Waals surface area contributed by atoms with Gasteiger partial charge in [-0.25, -0.2) is 0 Å². The van der Waals surface area contributed by atoms with Crippen molar-refractivity contribution in [1.29, 1.82) is 0 Å². The molecule has 0 fully saturated rings. The topological polar surface area (TPSA) is 66.1 Å². The lowest BCUT2D eigenvalue weighted by Crippen LogP contribution is -2.29. The molecule has 0 aliphatic heterocycles. The van der Waals surface area contributed by atoms with Crippen molar-refractivity contribution in [2.75, 3.05) is 0 Å². The molecule has 0 bridgehead atoms. The predicted octanol–water partition coefficient (Wildman–Crippen LogP) is 15.2. The number of aromatic nitrogens is 3. The van der Waals surface area contributed by atoms with E-state index in [-0.39, 0.29) is 7.43 Å². The van der Waals surface area contributed by atoms with Crippen molar-refractivity contribution < 1.29 is 10.0 Å². The lowest BCUT2D eigenvalue weighted by Gasteiger charge is -2.08. The number of nitrogens with zero attached hydrogens (tertiary/aromatic N) is 2. The number of hydrogen-bond acceptors (Lipinski definition) is 2. The first kappa shape index (κ1) is 43.6. The third kappa shape index (κ3) is 7.90. The smallest absolute Gasteiger partial charge is 0.423 e. The van der Waals surface area contributed by atoms with E-state index >= 15 is 0 Å². The highest BCUT2D eigenvalue weighted by atomic mass is 79.9. The average Bonchev–Trinajstić information content (AvgIpc) is 4.14. The van der Waals surface area contributed by atoms with Gasteiger partial charge in [0.15, 0.2) is 0 Å². The number of nitrogens with one attached hydrogen (secondary N) is 1. The van der Waals surface area contributed by atoms with Crippen molar-refractivity contribution >= 4 is 93.9 Å². The maximum atomic E-state index is 9.43. The van der Waals surface area contributed by atoms with Crippen LogP contribution >= 0.6 is 15.9 Å². The fraction of sp³-hybridized carbons (Fsp3) is 0.0323. The second kappa shape index (κ2) is 18.3. The third-order valence-electron chi connectivity index (χ3n) is 13.3. The molecule has 0 saturated carbocycles. The normalized spacial score (nSPS) is 11.5. The van der Waals surface area contributed by atoms with Crippen molar-refractivity contribution in [1.82, 2.24) is 14.1 Å². The summed E-state index contributed by atoms with van der Waals surface area (Å²) in [7, 11) is -1.46. The van der Waals surface area contributed by atoms with Crippen LogP contribution in [-0.2, 0) is 6.42 Å². The van der Waals surface area contributed by atoms with Crippen molar-refractivity contribution in [3.63, 3.8) is 0 Å². The van der Waals surface area contributed by atoms with Crippen LogP contribution in [0.2, 0.25) is 0 Å². The van der Waals surface area contributed by atoms with Crippen molar-refractivity contribution in [3.8, 4) is 33.6 Å². The second-order valence-electron chi connectivity index (χ2n) is 17.3. The Labute approximate surface area is 409 Å². The quantitative estimate of drug-likeness (QED) is 0.154. The minimum Gasteiger partial charge on any atom is -0.423 e. The molecule has 69 heavy (non-hydrogen) atoms. The molecule has 0 amide bonds. The maximum Gasteiger partial charge on any atom is 0.488 e. The Morgan fingerprint density at radius 1 is 0.391 bits per heavy atom. The van der Waals surface area contributed by atoms with Crippen LogP contribution in [0.15, 0.2) is 235 Å². The highest BCUT2D eigenvalue weighted by Crippen LogP contribution is 2.39. The number of rotatable bonds is 4. The van der Waals surface area contributed by atoms with E-state index in [2.05, 4.69) is 212 Å². The van der Waals surface area contributed by atoms with Crippen LogP contribution in [0.5, 0.6) is 0 Å². The Balaban J connectivity index is 0.000000122. The van der Waals surface area contributed by atoms with Crippen molar-refractivity contribution in [2.45, 2.75) is 13.8 Å². The molecule has 14 rings (SSSR count). The predicted molar refractivity (Wildman–Crippen MR) is 295 cm³/mol. The molecule has 0 atom stereocenters. The molecule has 7 heteroatoms. The van der Waals surface area contributed by atoms with Gasteiger partial charge in [0.25, 0.3) is 0 Å². The summed E-state index contributed by atoms with van der Waals surface area (Å²) in [6.45, 7) is 0. The molecule has 1 aliphatic rings. The molecule has 3 N–H and O–H groups in total. The van der Waals surface area contributed by atoms with Crippen LogP contribution < -0.4 is 5.46 Å². The first-order valence-electron chi connectivity index (χ1n) is 22.9. The van der Waals surface area contributed by atoms with E-state index in [0.717, 1.165) is 38.4 Å². The lowest BCUT2D eigenvalue weighted by molar-refractivity contribution is 0.426. The van der Waals surface area contributed by atoms with Crippen LogP contribution in [0, 0.1) is 0 Å². The van der Waals surface area contributed by atoms with Crippen LogP contribution in [0.4, 0.5) is 0 Å². The Kier molecular flexibility index (Phi) is 11.6. The van der Waals surface area contributed by atoms with E-state index in [1.165, 1.54) is 82.7 Å². The Morgan fingerprint density at radius 2 is 0.884 bits per heavy atom. The zero-order valence-corrected chi connectivity index (χ0v) is 38.5. The zero-order valence-electron chi connectivity index (χ0n) is 36.9. The number of aromatic amines is 1. The largest absolute Gasteiger partial charge is 0.488 e. The van der Waals surface area contributed by atoms with Gasteiger partial charge in [-0.05, 0) is 130 Å². The molecule has 13 aromatic rings. The SMILES string of the molecule is Brc1ccc2c(c1)-c1ccccc1C2.C.OB(O)c1ccc2c(c1)c1ccccc1n2-c1ccccc1.c1ccc(-n2c3ccccc3c3cc(-c4ccc5[nH]c6ccccc6c5c4)ccc32)cc1. The van der Waals surface area contributed by atoms with Gasteiger partial charge < -0.3 is 24.2 Å². The highest BCUT2D eigenvalue weighted by Gasteiger charge is 2.19. The van der Waals surface area contributed by atoms with Gasteiger partial charge >= 0.3 is 7.12 Å². The molecule has 3 heterocycles. The Hall–Kier alpha value is -7.94. The minimum atomic E-state index is -1.46. The molecule has 3 aromatic heterocycles. The Bertz CT molecular complexity index is 4000. The molecule has 1 aliphatic carbocycles. The van der Waals surface area contributed by atoms with E-state index < -0.39 is 7.12 Å². The van der Waals surface area contributed by atoms with Gasteiger partial charge in [-0.2, -0.15) is 0 Å². The molecule has 5 nitrogen and oxygen atoms in total. The summed E-state index contributed by atoms with van der Waals surface area (Å²) in [4.78, 5) is 3.53. The summed E-state index contributed by atoms with van der Waals surface area (Å²) in [5, 5.41) is 26.1. The molecule has 0 spiro atoms. The zero-order chi connectivity index (χ0) is 45.7. The van der Waals surface area contributed by atoms with Crippen LogP contribution in [-0.4, -0.2) is 31.3 Å². The van der Waals surface area contributed by atoms with Gasteiger partial charge in [0.2, 0.25) is 0 Å². The average molecular weight is 957 g/mol. The third-order valence-corrected chi connectivity index (χ3v) is 13.8.